The molecule has 0 aliphatic carbocycles. The van der Waals surface area contributed by atoms with E-state index in [0.29, 0.717) is 16.2 Å². The van der Waals surface area contributed by atoms with Crippen LogP contribution in [0.3, 0.4) is 0 Å². The number of rotatable bonds is 9. The molecule has 0 unspecified atom stereocenters. The molecule has 0 saturated carbocycles. The predicted molar refractivity (Wildman–Crippen MR) is 111 cm³/mol. The summed E-state index contributed by atoms with van der Waals surface area (Å²) in [7, 11) is 0. The number of carbonyl (C=O) groups is 2. The largest absolute Gasteiger partial charge is 0.352 e. The summed E-state index contributed by atoms with van der Waals surface area (Å²) in [6.45, 7) is 4.81. The fourth-order valence-electron chi connectivity index (χ4n) is 2.14. The first-order chi connectivity index (χ1) is 13.0. The van der Waals surface area contributed by atoms with Gasteiger partial charge in [0, 0.05) is 31.5 Å². The van der Waals surface area contributed by atoms with E-state index in [4.69, 9.17) is 0 Å². The minimum absolute atomic E-state index is 0.114. The second kappa shape index (κ2) is 11.0. The lowest BCUT2D eigenvalue weighted by molar-refractivity contribution is -0.121. The van der Waals surface area contributed by atoms with Crippen molar-refractivity contribution in [2.45, 2.75) is 38.4 Å². The van der Waals surface area contributed by atoms with Crippen molar-refractivity contribution in [1.82, 2.24) is 20.6 Å². The van der Waals surface area contributed by atoms with E-state index in [9.17, 15) is 9.59 Å². The van der Waals surface area contributed by atoms with E-state index < -0.39 is 0 Å². The van der Waals surface area contributed by atoms with Crippen LogP contribution in [-0.4, -0.2) is 34.1 Å². The smallest absolute Gasteiger partial charge is 0.271 e. The van der Waals surface area contributed by atoms with Crippen molar-refractivity contribution in [2.24, 2.45) is 0 Å². The van der Waals surface area contributed by atoms with Crippen molar-refractivity contribution in [3.63, 3.8) is 0 Å². The van der Waals surface area contributed by atoms with Crippen LogP contribution in [0.2, 0.25) is 0 Å². The molecule has 0 radical (unpaired) electrons. The van der Waals surface area contributed by atoms with Crippen LogP contribution in [0.25, 0.3) is 0 Å². The Bertz CT molecular complexity index is 784. The highest BCUT2D eigenvalue weighted by atomic mass is 79.9. The Morgan fingerprint density at radius 3 is 2.63 bits per heavy atom. The van der Waals surface area contributed by atoms with Crippen molar-refractivity contribution in [1.29, 1.82) is 0 Å². The topological polar surface area (TPSA) is 84.0 Å². The van der Waals surface area contributed by atoms with Crippen LogP contribution < -0.4 is 10.6 Å². The third-order valence-corrected chi connectivity index (χ3v) is 5.27. The number of hydrogen-bond donors (Lipinski definition) is 2. The zero-order chi connectivity index (χ0) is 19.6. The van der Waals surface area contributed by atoms with Crippen LogP contribution in [-0.2, 0) is 11.3 Å². The van der Waals surface area contributed by atoms with Gasteiger partial charge in [-0.15, -0.1) is 0 Å². The summed E-state index contributed by atoms with van der Waals surface area (Å²) in [5.41, 5.74) is 2.50. The number of carbonyl (C=O) groups excluding carboxylic acids is 2. The van der Waals surface area contributed by atoms with Gasteiger partial charge >= 0.3 is 0 Å². The Morgan fingerprint density at radius 1 is 1.19 bits per heavy atom. The quantitative estimate of drug-likeness (QED) is 0.451. The van der Waals surface area contributed by atoms with Crippen LogP contribution >= 0.6 is 27.7 Å². The Hall–Kier alpha value is -1.93. The maximum atomic E-state index is 12.3. The van der Waals surface area contributed by atoms with E-state index in [1.165, 1.54) is 17.3 Å². The van der Waals surface area contributed by atoms with Crippen LogP contribution in [0, 0.1) is 6.92 Å². The van der Waals surface area contributed by atoms with Crippen molar-refractivity contribution in [3.05, 3.63) is 51.8 Å². The number of benzene rings is 1. The lowest BCUT2D eigenvalue weighted by atomic mass is 10.1. The molecule has 1 aromatic heterocycles. The zero-order valence-corrected chi connectivity index (χ0v) is 17.8. The fraction of sp³-hybridized carbons (Fsp3) is 0.368. The van der Waals surface area contributed by atoms with Gasteiger partial charge in [0.05, 0.1) is 4.47 Å². The van der Waals surface area contributed by atoms with Gasteiger partial charge in [0.1, 0.15) is 5.69 Å². The van der Waals surface area contributed by atoms with Crippen LogP contribution in [0.5, 0.6) is 0 Å². The first-order valence-electron chi connectivity index (χ1n) is 8.75. The van der Waals surface area contributed by atoms with Gasteiger partial charge in [-0.1, -0.05) is 48.5 Å². The molecule has 144 valence electrons. The fourth-order valence-corrected chi connectivity index (χ4v) is 3.18. The minimum Gasteiger partial charge on any atom is -0.352 e. The van der Waals surface area contributed by atoms with Gasteiger partial charge in [0.2, 0.25) is 5.91 Å². The lowest BCUT2D eigenvalue weighted by Gasteiger charge is -2.08. The Morgan fingerprint density at radius 2 is 1.93 bits per heavy atom. The average molecular weight is 451 g/mol. The molecule has 8 heteroatoms. The van der Waals surface area contributed by atoms with E-state index >= 15 is 0 Å². The van der Waals surface area contributed by atoms with Crippen LogP contribution in [0.15, 0.2) is 40.1 Å². The van der Waals surface area contributed by atoms with E-state index in [1.807, 2.05) is 31.2 Å². The molecule has 2 amide bonds. The highest BCUT2D eigenvalue weighted by Crippen LogP contribution is 2.19. The molecule has 0 fully saturated rings. The maximum absolute atomic E-state index is 12.3. The number of amides is 2. The first-order valence-corrected chi connectivity index (χ1v) is 10.5. The number of halogens is 1. The van der Waals surface area contributed by atoms with Crippen LogP contribution in [0.4, 0.5) is 0 Å². The molecule has 2 N–H and O–H groups in total. The highest BCUT2D eigenvalue weighted by Gasteiger charge is 2.14. The first kappa shape index (κ1) is 21.4. The third-order valence-electron chi connectivity index (χ3n) is 3.62. The monoisotopic (exact) mass is 450 g/mol. The van der Waals surface area contributed by atoms with Crippen molar-refractivity contribution in [3.8, 4) is 0 Å². The van der Waals surface area contributed by atoms with E-state index in [-0.39, 0.29) is 30.5 Å². The number of aromatic nitrogens is 2. The molecular weight excluding hydrogens is 428 g/mol. The zero-order valence-electron chi connectivity index (χ0n) is 15.4. The lowest BCUT2D eigenvalue weighted by Crippen LogP contribution is -2.31. The van der Waals surface area contributed by atoms with Gasteiger partial charge in [-0.25, -0.2) is 9.97 Å². The maximum Gasteiger partial charge on any atom is 0.271 e. The van der Waals surface area contributed by atoms with Gasteiger partial charge in [0.15, 0.2) is 5.16 Å². The van der Waals surface area contributed by atoms with Gasteiger partial charge in [-0.2, -0.15) is 0 Å². The Kier molecular flexibility index (Phi) is 8.74. The molecule has 0 saturated heterocycles. The molecule has 6 nitrogen and oxygen atoms in total. The molecule has 0 bridgehead atoms. The molecule has 1 aromatic carbocycles. The summed E-state index contributed by atoms with van der Waals surface area (Å²) in [5, 5.41) is 6.15. The van der Waals surface area contributed by atoms with E-state index in [1.54, 1.807) is 6.20 Å². The normalized spacial score (nSPS) is 10.5. The number of nitrogens with zero attached hydrogens (tertiary/aromatic N) is 2. The molecule has 1 heterocycles. The second-order valence-electron chi connectivity index (χ2n) is 5.97. The Labute approximate surface area is 172 Å². The number of aryl methyl sites for hydroxylation is 1. The van der Waals surface area contributed by atoms with Crippen LogP contribution in [0.1, 0.15) is 41.4 Å². The summed E-state index contributed by atoms with van der Waals surface area (Å²) >= 11 is 4.81. The summed E-state index contributed by atoms with van der Waals surface area (Å²) in [6.07, 6.45) is 2.79. The molecule has 0 aliphatic rings. The average Bonchev–Trinajstić information content (AvgIpc) is 2.66. The van der Waals surface area contributed by atoms with Crippen molar-refractivity contribution in [2.75, 3.05) is 12.3 Å². The molecule has 27 heavy (non-hydrogen) atoms. The predicted octanol–water partition coefficient (Wildman–Crippen LogP) is 3.49. The van der Waals surface area contributed by atoms with Crippen molar-refractivity contribution >= 4 is 39.5 Å². The molecule has 0 aliphatic heterocycles. The molecule has 2 aromatic rings. The van der Waals surface area contributed by atoms with Crippen molar-refractivity contribution < 1.29 is 9.59 Å². The SMILES string of the molecule is CCCSc1ncc(Br)c(C(=O)NCCC(=O)NCc2ccc(C)cc2)n1. The van der Waals surface area contributed by atoms with Gasteiger partial charge < -0.3 is 10.6 Å². The second-order valence-corrected chi connectivity index (χ2v) is 7.88. The molecular formula is C19H23BrN4O2S. The molecule has 0 spiro atoms. The molecule has 2 rings (SSSR count). The summed E-state index contributed by atoms with van der Waals surface area (Å²) in [5.74, 6) is 0.454. The summed E-state index contributed by atoms with van der Waals surface area (Å²) in [6, 6.07) is 7.99. The van der Waals surface area contributed by atoms with E-state index in [2.05, 4.69) is 43.5 Å². The number of thioether (sulfide) groups is 1. The standard InChI is InChI=1S/C19H23BrN4O2S/c1-3-10-27-19-23-12-15(20)17(24-19)18(26)21-9-8-16(25)22-11-14-6-4-13(2)5-7-14/h4-7,12H,3,8-11H2,1-2H3,(H,21,26)(H,22,25). The highest BCUT2D eigenvalue weighted by molar-refractivity contribution is 9.10. The number of hydrogen-bond acceptors (Lipinski definition) is 5. The van der Waals surface area contributed by atoms with Gasteiger partial charge in [-0.3, -0.25) is 9.59 Å². The summed E-state index contributed by atoms with van der Waals surface area (Å²) < 4.78 is 0.532. The third kappa shape index (κ3) is 7.30. The minimum atomic E-state index is -0.325. The molecule has 0 atom stereocenters. The van der Waals surface area contributed by atoms with Gasteiger partial charge in [0.25, 0.3) is 5.91 Å². The van der Waals surface area contributed by atoms with E-state index in [0.717, 1.165) is 17.7 Å². The van der Waals surface area contributed by atoms with Gasteiger partial charge in [-0.05, 0) is 34.8 Å². The summed E-state index contributed by atoms with van der Waals surface area (Å²) in [4.78, 5) is 32.7. The Balaban J connectivity index is 1.78. The number of nitrogens with one attached hydrogen (secondary N) is 2.